The molecule has 0 saturated carbocycles. The first-order valence-electron chi connectivity index (χ1n) is 7.07. The third-order valence-electron chi connectivity index (χ3n) is 3.68. The van der Waals surface area contributed by atoms with Crippen molar-refractivity contribution >= 4 is 11.9 Å². The quantitative estimate of drug-likeness (QED) is 0.833. The molecule has 0 aliphatic rings. The summed E-state index contributed by atoms with van der Waals surface area (Å²) in [6.07, 6.45) is 2.24. The lowest BCUT2D eigenvalue weighted by Crippen LogP contribution is -2.34. The first-order valence-corrected chi connectivity index (χ1v) is 7.07. The summed E-state index contributed by atoms with van der Waals surface area (Å²) in [6, 6.07) is 6.94. The van der Waals surface area contributed by atoms with Crippen LogP contribution in [0, 0.1) is 5.92 Å². The van der Waals surface area contributed by atoms with Crippen LogP contribution in [0.4, 0.5) is 0 Å². The number of carbonyl (C=O) groups excluding carboxylic acids is 1. The topological polar surface area (TPSA) is 57.6 Å². The molecular weight excluding hydrogens is 254 g/mol. The number of carbonyl (C=O) groups is 2. The summed E-state index contributed by atoms with van der Waals surface area (Å²) in [4.78, 5) is 25.0. The second kappa shape index (κ2) is 7.68. The van der Waals surface area contributed by atoms with E-state index in [2.05, 4.69) is 0 Å². The molecule has 0 bridgehead atoms. The molecule has 4 heteroatoms. The van der Waals surface area contributed by atoms with E-state index in [1.165, 1.54) is 0 Å². The van der Waals surface area contributed by atoms with Gasteiger partial charge in [-0.1, -0.05) is 32.0 Å². The summed E-state index contributed by atoms with van der Waals surface area (Å²) in [7, 11) is 1.78. The highest BCUT2D eigenvalue weighted by molar-refractivity contribution is 5.89. The fourth-order valence-corrected chi connectivity index (χ4v) is 2.29. The van der Waals surface area contributed by atoms with Crippen molar-refractivity contribution in [1.29, 1.82) is 0 Å². The molecule has 1 aromatic rings. The van der Waals surface area contributed by atoms with Crippen LogP contribution in [0.5, 0.6) is 0 Å². The van der Waals surface area contributed by atoms with Crippen LogP contribution >= 0.6 is 0 Å². The van der Waals surface area contributed by atoms with Crippen LogP contribution in [0.25, 0.3) is 0 Å². The zero-order chi connectivity index (χ0) is 15.1. The van der Waals surface area contributed by atoms with Gasteiger partial charge in [0.1, 0.15) is 0 Å². The molecule has 1 amide bonds. The average molecular weight is 277 g/mol. The molecule has 0 aliphatic heterocycles. The second-order valence-corrected chi connectivity index (χ2v) is 4.99. The van der Waals surface area contributed by atoms with Gasteiger partial charge in [-0.15, -0.1) is 0 Å². The van der Waals surface area contributed by atoms with Crippen molar-refractivity contribution in [3.63, 3.8) is 0 Å². The van der Waals surface area contributed by atoms with Crippen molar-refractivity contribution in [1.82, 2.24) is 4.90 Å². The number of aromatic carboxylic acids is 1. The zero-order valence-electron chi connectivity index (χ0n) is 12.4. The highest BCUT2D eigenvalue weighted by atomic mass is 16.4. The minimum Gasteiger partial charge on any atom is -0.478 e. The van der Waals surface area contributed by atoms with E-state index in [-0.39, 0.29) is 11.8 Å². The molecule has 1 aromatic carbocycles. The number of benzene rings is 1. The lowest BCUT2D eigenvalue weighted by molar-refractivity contribution is -0.134. The van der Waals surface area contributed by atoms with Crippen LogP contribution in [0.1, 0.15) is 42.6 Å². The summed E-state index contributed by atoms with van der Waals surface area (Å²) in [5, 5.41) is 9.12. The Kier molecular flexibility index (Phi) is 6.22. The maximum absolute atomic E-state index is 12.2. The van der Waals surface area contributed by atoms with Crippen LogP contribution in [-0.2, 0) is 11.2 Å². The van der Waals surface area contributed by atoms with Gasteiger partial charge in [-0.3, -0.25) is 4.79 Å². The van der Waals surface area contributed by atoms with Crippen LogP contribution in [0.15, 0.2) is 24.3 Å². The van der Waals surface area contributed by atoms with E-state index < -0.39 is 5.97 Å². The van der Waals surface area contributed by atoms with Gasteiger partial charge in [0.15, 0.2) is 0 Å². The Labute approximate surface area is 120 Å². The van der Waals surface area contributed by atoms with Gasteiger partial charge in [0.25, 0.3) is 0 Å². The lowest BCUT2D eigenvalue weighted by atomic mass is 10.0. The fraction of sp³-hybridized carbons (Fsp3) is 0.500. The van der Waals surface area contributed by atoms with Crippen LogP contribution in [0.3, 0.4) is 0 Å². The minimum atomic E-state index is -0.922. The van der Waals surface area contributed by atoms with Gasteiger partial charge in [0.2, 0.25) is 5.91 Å². The van der Waals surface area contributed by atoms with E-state index in [0.29, 0.717) is 18.5 Å². The molecule has 0 aromatic heterocycles. The molecule has 0 aliphatic carbocycles. The molecule has 20 heavy (non-hydrogen) atoms. The highest BCUT2D eigenvalue weighted by Gasteiger charge is 2.18. The maximum atomic E-state index is 12.2. The Morgan fingerprint density at radius 1 is 1.20 bits per heavy atom. The predicted molar refractivity (Wildman–Crippen MR) is 78.8 cm³/mol. The summed E-state index contributed by atoms with van der Waals surface area (Å²) < 4.78 is 0. The van der Waals surface area contributed by atoms with Gasteiger partial charge < -0.3 is 10.0 Å². The summed E-state index contributed by atoms with van der Waals surface area (Å²) in [5.41, 5.74) is 1.08. The predicted octanol–water partition coefficient (Wildman–Crippen LogP) is 2.82. The Hall–Kier alpha value is -1.84. The summed E-state index contributed by atoms with van der Waals surface area (Å²) in [5.74, 6) is -0.716. The van der Waals surface area contributed by atoms with Crippen LogP contribution < -0.4 is 0 Å². The van der Waals surface area contributed by atoms with Crippen LogP contribution in [0.2, 0.25) is 0 Å². The maximum Gasteiger partial charge on any atom is 0.335 e. The number of nitrogens with zero attached hydrogens (tertiary/aromatic N) is 1. The van der Waals surface area contributed by atoms with Gasteiger partial charge >= 0.3 is 5.97 Å². The van der Waals surface area contributed by atoms with Gasteiger partial charge in [-0.05, 0) is 30.9 Å². The Bertz CT molecular complexity index is 467. The molecule has 0 saturated heterocycles. The second-order valence-electron chi connectivity index (χ2n) is 4.99. The van der Waals surface area contributed by atoms with Gasteiger partial charge in [0.05, 0.1) is 5.56 Å². The molecular formula is C16H23NO3. The lowest BCUT2D eigenvalue weighted by Gasteiger charge is -2.22. The van der Waals surface area contributed by atoms with Crippen molar-refractivity contribution in [3.05, 3.63) is 35.4 Å². The molecule has 110 valence electrons. The third kappa shape index (κ3) is 4.08. The smallest absolute Gasteiger partial charge is 0.335 e. The Balaban J connectivity index is 2.68. The zero-order valence-corrected chi connectivity index (χ0v) is 12.4. The SMILES string of the molecule is CCC(CC)C(=O)N(C)CCc1ccccc1C(=O)O. The normalized spacial score (nSPS) is 10.6. The standard InChI is InChI=1S/C16H23NO3/c1-4-12(5-2)15(18)17(3)11-10-13-8-6-7-9-14(13)16(19)20/h6-9,12H,4-5,10-11H2,1-3H3,(H,19,20). The number of hydrogen-bond donors (Lipinski definition) is 1. The van der Waals surface area contributed by atoms with Crippen molar-refractivity contribution in [2.45, 2.75) is 33.1 Å². The molecule has 0 spiro atoms. The number of carboxylic acids is 1. The first-order chi connectivity index (χ1) is 9.51. The van der Waals surface area contributed by atoms with Gasteiger partial charge in [-0.25, -0.2) is 4.79 Å². The third-order valence-corrected chi connectivity index (χ3v) is 3.68. The van der Waals surface area contributed by atoms with E-state index in [1.807, 2.05) is 19.9 Å². The van der Waals surface area contributed by atoms with E-state index in [4.69, 9.17) is 5.11 Å². The number of rotatable bonds is 7. The van der Waals surface area contributed by atoms with Gasteiger partial charge in [-0.2, -0.15) is 0 Å². The van der Waals surface area contributed by atoms with E-state index >= 15 is 0 Å². The molecule has 0 fully saturated rings. The van der Waals surface area contributed by atoms with Crippen molar-refractivity contribution in [2.75, 3.05) is 13.6 Å². The molecule has 0 heterocycles. The summed E-state index contributed by atoms with van der Waals surface area (Å²) in [6.45, 7) is 4.57. The number of likely N-dealkylation sites (N-methyl/N-ethyl adjacent to an activating group) is 1. The highest BCUT2D eigenvalue weighted by Crippen LogP contribution is 2.13. The van der Waals surface area contributed by atoms with Crippen molar-refractivity contribution in [3.8, 4) is 0 Å². The Morgan fingerprint density at radius 2 is 1.80 bits per heavy atom. The van der Waals surface area contributed by atoms with E-state index in [0.717, 1.165) is 18.4 Å². The average Bonchev–Trinajstić information content (AvgIpc) is 2.46. The van der Waals surface area contributed by atoms with E-state index in [9.17, 15) is 9.59 Å². The molecule has 1 N–H and O–H groups in total. The van der Waals surface area contributed by atoms with Crippen molar-refractivity contribution < 1.29 is 14.7 Å². The molecule has 0 atom stereocenters. The van der Waals surface area contributed by atoms with Gasteiger partial charge in [0, 0.05) is 19.5 Å². The minimum absolute atomic E-state index is 0.0646. The number of hydrogen-bond acceptors (Lipinski definition) is 2. The number of amides is 1. The van der Waals surface area contributed by atoms with E-state index in [1.54, 1.807) is 30.1 Å². The summed E-state index contributed by atoms with van der Waals surface area (Å²) >= 11 is 0. The van der Waals surface area contributed by atoms with Crippen LogP contribution in [-0.4, -0.2) is 35.5 Å². The largest absolute Gasteiger partial charge is 0.478 e. The fourth-order valence-electron chi connectivity index (χ4n) is 2.29. The first kappa shape index (κ1) is 16.2. The number of carboxylic acid groups (broad SMARTS) is 1. The molecule has 0 radical (unpaired) electrons. The molecule has 4 nitrogen and oxygen atoms in total. The molecule has 0 unspecified atom stereocenters. The molecule has 1 rings (SSSR count). The monoisotopic (exact) mass is 277 g/mol. The Morgan fingerprint density at radius 3 is 2.35 bits per heavy atom. The van der Waals surface area contributed by atoms with Crippen molar-refractivity contribution in [2.24, 2.45) is 5.92 Å².